The fourth-order valence-electron chi connectivity index (χ4n) is 2.93. The second-order valence-corrected chi connectivity index (χ2v) is 5.01. The molecule has 3 nitrogen and oxygen atoms in total. The van der Waals surface area contributed by atoms with E-state index in [1.807, 2.05) is 0 Å². The van der Waals surface area contributed by atoms with E-state index >= 15 is 0 Å². The van der Waals surface area contributed by atoms with E-state index in [2.05, 4.69) is 4.90 Å². The van der Waals surface area contributed by atoms with Crippen molar-refractivity contribution in [3.63, 3.8) is 0 Å². The van der Waals surface area contributed by atoms with Gasteiger partial charge in [-0.15, -0.1) is 0 Å². The third kappa shape index (κ3) is 2.10. The largest absolute Gasteiger partial charge is 0.394 e. The molecule has 3 N–H and O–H groups in total. The van der Waals surface area contributed by atoms with E-state index in [0.717, 1.165) is 12.8 Å². The normalized spacial score (nSPS) is 40.3. The third-order valence-corrected chi connectivity index (χ3v) is 3.83. The Morgan fingerprint density at radius 2 is 2.00 bits per heavy atom. The zero-order valence-electron chi connectivity index (χ0n) is 8.91. The van der Waals surface area contributed by atoms with Crippen LogP contribution in [0.5, 0.6) is 0 Å². The van der Waals surface area contributed by atoms with Gasteiger partial charge in [-0.25, -0.2) is 0 Å². The molecule has 0 aromatic carbocycles. The van der Waals surface area contributed by atoms with Gasteiger partial charge < -0.3 is 15.7 Å². The number of nitrogens with zero attached hydrogens (tertiary/aromatic N) is 1. The summed E-state index contributed by atoms with van der Waals surface area (Å²) in [6.07, 6.45) is 7.12. The first-order chi connectivity index (χ1) is 6.73. The number of aliphatic hydroxyl groups is 1. The minimum Gasteiger partial charge on any atom is -0.394 e. The monoisotopic (exact) mass is 198 g/mol. The Hall–Kier alpha value is -0.120. The Morgan fingerprint density at radius 1 is 1.29 bits per heavy atom. The van der Waals surface area contributed by atoms with Crippen LogP contribution >= 0.6 is 0 Å². The van der Waals surface area contributed by atoms with Crippen molar-refractivity contribution in [1.29, 1.82) is 0 Å². The molecule has 14 heavy (non-hydrogen) atoms. The van der Waals surface area contributed by atoms with Crippen molar-refractivity contribution in [3.8, 4) is 0 Å². The summed E-state index contributed by atoms with van der Waals surface area (Å²) in [5.74, 6) is 0. The first-order valence-electron chi connectivity index (χ1n) is 5.87. The number of rotatable bonds is 2. The van der Waals surface area contributed by atoms with Crippen LogP contribution in [0.1, 0.15) is 38.5 Å². The molecule has 2 fully saturated rings. The minimum atomic E-state index is -0.286. The van der Waals surface area contributed by atoms with Gasteiger partial charge in [0.1, 0.15) is 0 Å². The highest BCUT2D eigenvalue weighted by molar-refractivity contribution is 4.94. The van der Waals surface area contributed by atoms with Crippen LogP contribution in [-0.4, -0.2) is 41.3 Å². The smallest absolute Gasteiger partial charge is 0.0611 e. The fraction of sp³-hybridized carbons (Fsp3) is 1.00. The van der Waals surface area contributed by atoms with Crippen LogP contribution in [0, 0.1) is 0 Å². The third-order valence-electron chi connectivity index (χ3n) is 3.83. The SMILES string of the molecule is NC1(CO)CCCC(N2CCCC2)C1. The lowest BCUT2D eigenvalue weighted by Gasteiger charge is -2.40. The van der Waals surface area contributed by atoms with Crippen LogP contribution in [0.3, 0.4) is 0 Å². The average molecular weight is 198 g/mol. The van der Waals surface area contributed by atoms with E-state index in [1.165, 1.54) is 38.8 Å². The summed E-state index contributed by atoms with van der Waals surface area (Å²) in [5.41, 5.74) is 5.85. The Morgan fingerprint density at radius 3 is 2.64 bits per heavy atom. The van der Waals surface area contributed by atoms with E-state index in [9.17, 15) is 5.11 Å². The fourth-order valence-corrected chi connectivity index (χ4v) is 2.93. The topological polar surface area (TPSA) is 49.5 Å². The van der Waals surface area contributed by atoms with Gasteiger partial charge in [-0.3, -0.25) is 0 Å². The molecule has 82 valence electrons. The lowest BCUT2D eigenvalue weighted by atomic mass is 9.80. The highest BCUT2D eigenvalue weighted by Crippen LogP contribution is 2.30. The summed E-state index contributed by atoms with van der Waals surface area (Å²) >= 11 is 0. The predicted molar refractivity (Wildman–Crippen MR) is 57.1 cm³/mol. The van der Waals surface area contributed by atoms with Gasteiger partial charge in [0.05, 0.1) is 6.61 Å². The quantitative estimate of drug-likeness (QED) is 0.687. The maximum atomic E-state index is 9.27. The van der Waals surface area contributed by atoms with Crippen molar-refractivity contribution >= 4 is 0 Å². The number of likely N-dealkylation sites (tertiary alicyclic amines) is 1. The van der Waals surface area contributed by atoms with Crippen molar-refractivity contribution in [2.45, 2.75) is 50.1 Å². The van der Waals surface area contributed by atoms with Crippen molar-refractivity contribution in [1.82, 2.24) is 4.90 Å². The van der Waals surface area contributed by atoms with Gasteiger partial charge in [-0.2, -0.15) is 0 Å². The van der Waals surface area contributed by atoms with Crippen LogP contribution in [0.4, 0.5) is 0 Å². The highest BCUT2D eigenvalue weighted by atomic mass is 16.3. The van der Waals surface area contributed by atoms with Gasteiger partial charge in [0, 0.05) is 11.6 Å². The molecule has 2 unspecified atom stereocenters. The van der Waals surface area contributed by atoms with Gasteiger partial charge in [0.25, 0.3) is 0 Å². The van der Waals surface area contributed by atoms with E-state index in [0.29, 0.717) is 6.04 Å². The molecule has 2 aliphatic rings. The van der Waals surface area contributed by atoms with E-state index in [4.69, 9.17) is 5.73 Å². The first kappa shape index (κ1) is 10.4. The van der Waals surface area contributed by atoms with Crippen LogP contribution in [0.2, 0.25) is 0 Å². The number of nitrogens with two attached hydrogens (primary N) is 1. The predicted octanol–water partition coefficient (Wildman–Crippen LogP) is 0.715. The summed E-state index contributed by atoms with van der Waals surface area (Å²) in [4.78, 5) is 2.57. The molecule has 0 amide bonds. The zero-order chi connectivity index (χ0) is 10.0. The van der Waals surface area contributed by atoms with Gasteiger partial charge in [0.2, 0.25) is 0 Å². The molecule has 1 saturated heterocycles. The maximum Gasteiger partial charge on any atom is 0.0611 e. The molecule has 3 heteroatoms. The molecule has 0 aromatic heterocycles. The molecule has 2 rings (SSSR count). The molecule has 0 aromatic rings. The lowest BCUT2D eigenvalue weighted by molar-refractivity contribution is 0.0938. The summed E-state index contributed by atoms with van der Waals surface area (Å²) in [6.45, 7) is 2.63. The van der Waals surface area contributed by atoms with Crippen LogP contribution in [-0.2, 0) is 0 Å². The van der Waals surface area contributed by atoms with Crippen LogP contribution < -0.4 is 5.73 Å². The molecular weight excluding hydrogens is 176 g/mol. The second kappa shape index (κ2) is 4.17. The Labute approximate surface area is 86.3 Å². The molecule has 0 spiro atoms. The molecular formula is C11H22N2O. The molecule has 0 radical (unpaired) electrons. The maximum absolute atomic E-state index is 9.27. The summed E-state index contributed by atoms with van der Waals surface area (Å²) < 4.78 is 0. The molecule has 2 atom stereocenters. The van der Waals surface area contributed by atoms with Gasteiger partial charge in [0.15, 0.2) is 0 Å². The lowest BCUT2D eigenvalue weighted by Crippen LogP contribution is -2.52. The van der Waals surface area contributed by atoms with Gasteiger partial charge in [-0.1, -0.05) is 0 Å². The van der Waals surface area contributed by atoms with Crippen LogP contribution in [0.15, 0.2) is 0 Å². The number of hydrogen-bond acceptors (Lipinski definition) is 3. The van der Waals surface area contributed by atoms with Crippen molar-refractivity contribution in [2.75, 3.05) is 19.7 Å². The van der Waals surface area contributed by atoms with E-state index in [1.54, 1.807) is 0 Å². The van der Waals surface area contributed by atoms with Gasteiger partial charge in [-0.05, 0) is 51.6 Å². The molecule has 1 heterocycles. The van der Waals surface area contributed by atoms with Gasteiger partial charge >= 0.3 is 0 Å². The van der Waals surface area contributed by atoms with Crippen LogP contribution in [0.25, 0.3) is 0 Å². The van der Waals surface area contributed by atoms with Crippen molar-refractivity contribution in [3.05, 3.63) is 0 Å². The van der Waals surface area contributed by atoms with Crippen molar-refractivity contribution < 1.29 is 5.11 Å². The number of hydrogen-bond donors (Lipinski definition) is 2. The minimum absolute atomic E-state index is 0.150. The van der Waals surface area contributed by atoms with E-state index in [-0.39, 0.29) is 12.1 Å². The standard InChI is InChI=1S/C11H22N2O/c12-11(9-14)5-3-4-10(8-11)13-6-1-2-7-13/h10,14H,1-9,12H2. The molecule has 1 aliphatic carbocycles. The highest BCUT2D eigenvalue weighted by Gasteiger charge is 2.35. The Bertz CT molecular complexity index is 192. The zero-order valence-corrected chi connectivity index (χ0v) is 8.91. The first-order valence-corrected chi connectivity index (χ1v) is 5.87. The number of aliphatic hydroxyl groups excluding tert-OH is 1. The second-order valence-electron chi connectivity index (χ2n) is 5.01. The summed E-state index contributed by atoms with van der Waals surface area (Å²) in [7, 11) is 0. The Kier molecular flexibility index (Phi) is 3.10. The average Bonchev–Trinajstić information content (AvgIpc) is 2.71. The molecule has 1 saturated carbocycles. The summed E-state index contributed by atoms with van der Waals surface area (Å²) in [6, 6.07) is 0.642. The summed E-state index contributed by atoms with van der Waals surface area (Å²) in [5, 5.41) is 9.27. The van der Waals surface area contributed by atoms with Crippen molar-refractivity contribution in [2.24, 2.45) is 5.73 Å². The van der Waals surface area contributed by atoms with E-state index < -0.39 is 0 Å². The molecule has 1 aliphatic heterocycles. The molecule has 0 bridgehead atoms. The Balaban J connectivity index is 1.93.